The van der Waals surface area contributed by atoms with Gasteiger partial charge in [-0.05, 0) is 36.4 Å². The Balaban J connectivity index is 1.75. The van der Waals surface area contributed by atoms with Crippen LogP contribution in [0.3, 0.4) is 0 Å². The van der Waals surface area contributed by atoms with Gasteiger partial charge in [0.15, 0.2) is 0 Å². The number of phenols is 1. The molecule has 1 saturated heterocycles. The molecule has 1 N–H and O–H groups in total. The summed E-state index contributed by atoms with van der Waals surface area (Å²) in [4.78, 5) is 6.07. The van der Waals surface area contributed by atoms with Gasteiger partial charge in [-0.25, -0.2) is 0 Å². The molecule has 1 aromatic carbocycles. The van der Waals surface area contributed by atoms with Crippen molar-refractivity contribution in [2.24, 2.45) is 0 Å². The Hall–Kier alpha value is -0.790. The predicted molar refractivity (Wildman–Crippen MR) is 97.5 cm³/mol. The van der Waals surface area contributed by atoms with E-state index in [1.54, 1.807) is 26.7 Å². The first-order valence-corrected chi connectivity index (χ1v) is 10.1. The van der Waals surface area contributed by atoms with Gasteiger partial charge in [-0.3, -0.25) is 4.90 Å². The van der Waals surface area contributed by atoms with Crippen LogP contribution >= 0.6 is 32.9 Å². The fourth-order valence-electron chi connectivity index (χ4n) is 2.74. The van der Waals surface area contributed by atoms with Gasteiger partial charge < -0.3 is 10.0 Å². The summed E-state index contributed by atoms with van der Waals surface area (Å²) in [6, 6.07) is 7.93. The van der Waals surface area contributed by atoms with Crippen molar-refractivity contribution in [3.63, 3.8) is 0 Å². The predicted octanol–water partition coefficient (Wildman–Crippen LogP) is 4.05. The smallest absolute Gasteiger partial charge is 0.120 e. The monoisotopic (exact) mass is 352 g/mol. The molecule has 3 rings (SSSR count). The zero-order valence-corrected chi connectivity index (χ0v) is 15.1. The van der Waals surface area contributed by atoms with Gasteiger partial charge in [0.25, 0.3) is 0 Å². The molecule has 3 nitrogen and oxygen atoms in total. The van der Waals surface area contributed by atoms with Crippen LogP contribution in [0.1, 0.15) is 12.5 Å². The number of aromatic hydroxyl groups is 1. The molecule has 22 heavy (non-hydrogen) atoms. The summed E-state index contributed by atoms with van der Waals surface area (Å²) < 4.78 is 0.922. The van der Waals surface area contributed by atoms with Crippen molar-refractivity contribution in [2.75, 3.05) is 32.7 Å². The number of likely N-dealkylation sites (N-methyl/N-ethyl adjacent to an activating group) is 1. The molecule has 0 spiro atoms. The summed E-state index contributed by atoms with van der Waals surface area (Å²) in [6.07, 6.45) is 0. The fourth-order valence-corrected chi connectivity index (χ4v) is 5.14. The van der Waals surface area contributed by atoms with E-state index >= 15 is 0 Å². The van der Waals surface area contributed by atoms with Gasteiger partial charge in [0.1, 0.15) is 9.57 Å². The van der Waals surface area contributed by atoms with Crippen molar-refractivity contribution in [1.29, 1.82) is 0 Å². The van der Waals surface area contributed by atoms with Crippen LogP contribution in [-0.2, 0) is 6.54 Å². The van der Waals surface area contributed by atoms with Gasteiger partial charge in [0, 0.05) is 43.2 Å². The maximum Gasteiger partial charge on any atom is 0.120 e. The molecule has 0 saturated carbocycles. The van der Waals surface area contributed by atoms with E-state index in [4.69, 9.17) is 12.2 Å². The average Bonchev–Trinajstić information content (AvgIpc) is 2.97. The van der Waals surface area contributed by atoms with E-state index in [0.717, 1.165) is 54.2 Å². The second kappa shape index (κ2) is 7.19. The lowest BCUT2D eigenvalue weighted by atomic mass is 10.1. The highest BCUT2D eigenvalue weighted by atomic mass is 32.9. The molecule has 2 heterocycles. The Morgan fingerprint density at radius 1 is 1.09 bits per heavy atom. The number of nitrogens with zero attached hydrogens (tertiary/aromatic N) is 2. The maximum atomic E-state index is 10.2. The van der Waals surface area contributed by atoms with Crippen molar-refractivity contribution in [3.8, 4) is 16.2 Å². The summed E-state index contributed by atoms with van der Waals surface area (Å²) in [5, 5.41) is 10.2. The lowest BCUT2D eigenvalue weighted by Gasteiger charge is -2.34. The molecule has 6 heteroatoms. The van der Waals surface area contributed by atoms with Gasteiger partial charge in [0.05, 0.1) is 0 Å². The first-order valence-electron chi connectivity index (χ1n) is 7.53. The third-order valence-electron chi connectivity index (χ3n) is 4.13. The van der Waals surface area contributed by atoms with Gasteiger partial charge >= 0.3 is 0 Å². The zero-order chi connectivity index (χ0) is 15.5. The first kappa shape index (κ1) is 16.1. The zero-order valence-electron chi connectivity index (χ0n) is 12.6. The SMILES string of the molecule is CCN1CCN(Cc2cc(-c3cc(=S)ss3)ccc2O)CC1. The van der Waals surface area contributed by atoms with E-state index in [1.165, 1.54) is 4.88 Å². The number of hydrogen-bond donors (Lipinski definition) is 1. The van der Waals surface area contributed by atoms with Crippen LogP contribution in [0, 0.1) is 3.82 Å². The van der Waals surface area contributed by atoms with E-state index < -0.39 is 0 Å². The number of phenolic OH excluding ortho intramolecular Hbond substituents is 1. The largest absolute Gasteiger partial charge is 0.508 e. The van der Waals surface area contributed by atoms with Gasteiger partial charge in [-0.15, -0.1) is 0 Å². The van der Waals surface area contributed by atoms with Gasteiger partial charge in [-0.1, -0.05) is 39.8 Å². The quantitative estimate of drug-likeness (QED) is 0.663. The Morgan fingerprint density at radius 2 is 1.82 bits per heavy atom. The van der Waals surface area contributed by atoms with E-state index in [1.807, 2.05) is 12.1 Å². The second-order valence-corrected chi connectivity index (χ2v) is 8.46. The molecule has 1 aliphatic heterocycles. The third-order valence-corrected chi connectivity index (χ3v) is 7.04. The number of piperazine rings is 1. The van der Waals surface area contributed by atoms with Gasteiger partial charge in [0.2, 0.25) is 0 Å². The molecule has 0 amide bonds. The second-order valence-electron chi connectivity index (χ2n) is 5.55. The number of rotatable bonds is 4. The summed E-state index contributed by atoms with van der Waals surface area (Å²) in [6.45, 7) is 8.50. The number of benzene rings is 1. The molecule has 0 bridgehead atoms. The van der Waals surface area contributed by atoms with Crippen molar-refractivity contribution in [3.05, 3.63) is 33.7 Å². The highest BCUT2D eigenvalue weighted by Gasteiger charge is 2.17. The molecule has 0 unspecified atom stereocenters. The van der Waals surface area contributed by atoms with E-state index in [2.05, 4.69) is 22.8 Å². The maximum absolute atomic E-state index is 10.2. The number of hydrogen-bond acceptors (Lipinski definition) is 6. The van der Waals surface area contributed by atoms with Crippen molar-refractivity contribution < 1.29 is 5.11 Å². The molecule has 1 aliphatic rings. The van der Waals surface area contributed by atoms with E-state index in [0.29, 0.717) is 5.75 Å². The Kier molecular flexibility index (Phi) is 5.25. The Morgan fingerprint density at radius 3 is 2.45 bits per heavy atom. The highest BCUT2D eigenvalue weighted by Crippen LogP contribution is 2.32. The molecule has 0 radical (unpaired) electrons. The highest BCUT2D eigenvalue weighted by molar-refractivity contribution is 7.80. The summed E-state index contributed by atoms with van der Waals surface area (Å²) >= 11 is 5.21. The Labute approximate surface area is 143 Å². The van der Waals surface area contributed by atoms with Crippen LogP contribution in [0.5, 0.6) is 5.75 Å². The minimum absolute atomic E-state index is 0.389. The molecule has 1 fully saturated rings. The van der Waals surface area contributed by atoms with Gasteiger partial charge in [-0.2, -0.15) is 0 Å². The minimum Gasteiger partial charge on any atom is -0.508 e. The minimum atomic E-state index is 0.389. The van der Waals surface area contributed by atoms with Crippen LogP contribution in [0.25, 0.3) is 10.4 Å². The standard InChI is InChI=1S/C16H20N2OS3/c1-2-17-5-7-18(8-6-17)11-13-9-12(3-4-14(13)19)15-10-16(20)22-21-15/h3-4,9-10,19H,2,5-8,11H2,1H3. The summed E-state index contributed by atoms with van der Waals surface area (Å²) in [7, 11) is 3.33. The molecule has 0 atom stereocenters. The van der Waals surface area contributed by atoms with E-state index in [9.17, 15) is 5.11 Å². The summed E-state index contributed by atoms with van der Waals surface area (Å²) in [5.74, 6) is 0.389. The first-order chi connectivity index (χ1) is 10.7. The molecule has 0 aliphatic carbocycles. The van der Waals surface area contributed by atoms with Crippen LogP contribution in [-0.4, -0.2) is 47.6 Å². The van der Waals surface area contributed by atoms with Crippen molar-refractivity contribution in [1.82, 2.24) is 9.80 Å². The average molecular weight is 353 g/mol. The van der Waals surface area contributed by atoms with Crippen LogP contribution in [0.4, 0.5) is 0 Å². The third kappa shape index (κ3) is 3.75. The van der Waals surface area contributed by atoms with E-state index in [-0.39, 0.29) is 0 Å². The molecular weight excluding hydrogens is 332 g/mol. The van der Waals surface area contributed by atoms with Crippen LogP contribution < -0.4 is 0 Å². The normalized spacial score (nSPS) is 17.0. The molecule has 118 valence electrons. The van der Waals surface area contributed by atoms with Crippen molar-refractivity contribution in [2.45, 2.75) is 13.5 Å². The lowest BCUT2D eigenvalue weighted by Crippen LogP contribution is -2.45. The summed E-state index contributed by atoms with van der Waals surface area (Å²) in [5.41, 5.74) is 2.16. The lowest BCUT2D eigenvalue weighted by molar-refractivity contribution is 0.131. The molecular formula is C16H20N2OS3. The molecule has 2 aromatic rings. The van der Waals surface area contributed by atoms with Crippen LogP contribution in [0.15, 0.2) is 24.3 Å². The van der Waals surface area contributed by atoms with Crippen LogP contribution in [0.2, 0.25) is 0 Å². The topological polar surface area (TPSA) is 26.7 Å². The molecule has 1 aromatic heterocycles. The van der Waals surface area contributed by atoms with Crippen molar-refractivity contribution >= 4 is 32.9 Å². The fraction of sp³-hybridized carbons (Fsp3) is 0.438. The Bertz CT molecular complexity index is 687.